The monoisotopic (exact) mass is 215 g/mol. The molecule has 1 aromatic rings. The summed E-state index contributed by atoms with van der Waals surface area (Å²) >= 11 is 5.70. The molecule has 1 atom stereocenters. The van der Waals surface area contributed by atoms with E-state index in [-0.39, 0.29) is 0 Å². The van der Waals surface area contributed by atoms with Crippen molar-refractivity contribution in [3.05, 3.63) is 39.4 Å². The highest BCUT2D eigenvalue weighted by Crippen LogP contribution is 2.19. The lowest BCUT2D eigenvalue weighted by Gasteiger charge is -2.09. The van der Waals surface area contributed by atoms with E-state index in [2.05, 4.69) is 0 Å². The molecule has 0 fully saturated rings. The fraction of sp³-hybridized carbons (Fsp3) is 0.333. The Morgan fingerprint density at radius 2 is 2.36 bits per heavy atom. The number of benzene rings is 1. The van der Waals surface area contributed by atoms with Crippen LogP contribution in [-0.2, 0) is 0 Å². The topological polar surface area (TPSA) is 52.4 Å². The van der Waals surface area contributed by atoms with Gasteiger partial charge in [0.25, 0.3) is 0 Å². The molecule has 0 aliphatic rings. The molecule has 0 amide bonds. The highest BCUT2D eigenvalue weighted by molar-refractivity contribution is 6.30. The fourth-order valence-electron chi connectivity index (χ4n) is 0.973. The van der Waals surface area contributed by atoms with Gasteiger partial charge in [0.05, 0.1) is 11.3 Å². The van der Waals surface area contributed by atoms with Gasteiger partial charge in [-0.15, -0.1) is 0 Å². The molecule has 0 heterocycles. The molecule has 0 aliphatic heterocycles. The average molecular weight is 216 g/mol. The zero-order valence-corrected chi connectivity index (χ0v) is 8.40. The SMILES string of the molecule is CCC(Oc1cccc(Cl)c1)[N+](=O)[O-]. The summed E-state index contributed by atoms with van der Waals surface area (Å²) in [7, 11) is 0. The largest absolute Gasteiger partial charge is 0.430 e. The van der Waals surface area contributed by atoms with Crippen molar-refractivity contribution in [2.45, 2.75) is 19.6 Å². The normalized spacial score (nSPS) is 12.1. The molecule has 0 spiro atoms. The molecular formula is C9H10ClNO3. The van der Waals surface area contributed by atoms with Crippen LogP contribution in [0.25, 0.3) is 0 Å². The lowest BCUT2D eigenvalue weighted by atomic mass is 10.3. The summed E-state index contributed by atoms with van der Waals surface area (Å²) in [4.78, 5) is 10.0. The Morgan fingerprint density at radius 1 is 1.64 bits per heavy atom. The van der Waals surface area contributed by atoms with Gasteiger partial charge in [0.2, 0.25) is 0 Å². The van der Waals surface area contributed by atoms with Crippen molar-refractivity contribution >= 4 is 11.6 Å². The van der Waals surface area contributed by atoms with Gasteiger partial charge in [-0.3, -0.25) is 10.1 Å². The quantitative estimate of drug-likeness (QED) is 0.441. The molecule has 1 rings (SSSR count). The van der Waals surface area contributed by atoms with E-state index >= 15 is 0 Å². The van der Waals surface area contributed by atoms with E-state index in [4.69, 9.17) is 16.3 Å². The van der Waals surface area contributed by atoms with Crippen molar-refractivity contribution in [1.29, 1.82) is 0 Å². The van der Waals surface area contributed by atoms with Gasteiger partial charge in [-0.25, -0.2) is 0 Å². The number of ether oxygens (including phenoxy) is 1. The third-order valence-corrected chi connectivity index (χ3v) is 1.89. The lowest BCUT2D eigenvalue weighted by molar-refractivity contribution is -0.563. The minimum Gasteiger partial charge on any atom is -0.430 e. The van der Waals surface area contributed by atoms with Crippen LogP contribution >= 0.6 is 11.6 Å². The van der Waals surface area contributed by atoms with E-state index in [0.29, 0.717) is 17.2 Å². The summed E-state index contributed by atoms with van der Waals surface area (Å²) in [5.41, 5.74) is 0. The van der Waals surface area contributed by atoms with Crippen molar-refractivity contribution in [3.63, 3.8) is 0 Å². The van der Waals surface area contributed by atoms with E-state index < -0.39 is 11.2 Å². The van der Waals surface area contributed by atoms with Crippen molar-refractivity contribution in [1.82, 2.24) is 0 Å². The predicted octanol–water partition coefficient (Wildman–Crippen LogP) is 2.73. The van der Waals surface area contributed by atoms with E-state index in [0.717, 1.165) is 0 Å². The Hall–Kier alpha value is -1.29. The minimum absolute atomic E-state index is 0.319. The summed E-state index contributed by atoms with van der Waals surface area (Å²) in [6.45, 7) is 1.69. The van der Waals surface area contributed by atoms with Gasteiger partial charge in [0, 0.05) is 5.02 Å². The Balaban J connectivity index is 2.72. The number of hydrogen-bond acceptors (Lipinski definition) is 3. The molecule has 14 heavy (non-hydrogen) atoms. The summed E-state index contributed by atoms with van der Waals surface area (Å²) in [5.74, 6) is 0.418. The second kappa shape index (κ2) is 4.81. The molecule has 76 valence electrons. The highest BCUT2D eigenvalue weighted by atomic mass is 35.5. The Bertz CT molecular complexity index is 330. The molecular weight excluding hydrogens is 206 g/mol. The van der Waals surface area contributed by atoms with Crippen LogP contribution in [-0.4, -0.2) is 11.2 Å². The van der Waals surface area contributed by atoms with Crippen molar-refractivity contribution in [2.24, 2.45) is 0 Å². The molecule has 0 radical (unpaired) electrons. The van der Waals surface area contributed by atoms with Gasteiger partial charge in [-0.05, 0) is 18.2 Å². The van der Waals surface area contributed by atoms with Gasteiger partial charge in [-0.2, -0.15) is 0 Å². The first-order valence-corrected chi connectivity index (χ1v) is 4.57. The number of nitrogens with zero attached hydrogens (tertiary/aromatic N) is 1. The molecule has 4 nitrogen and oxygen atoms in total. The van der Waals surface area contributed by atoms with Crippen LogP contribution in [0.3, 0.4) is 0 Å². The van der Waals surface area contributed by atoms with Crippen LogP contribution in [0.4, 0.5) is 0 Å². The molecule has 0 N–H and O–H groups in total. The smallest absolute Gasteiger partial charge is 0.353 e. The van der Waals surface area contributed by atoms with Crippen LogP contribution in [0.15, 0.2) is 24.3 Å². The molecule has 0 saturated carbocycles. The molecule has 0 aliphatic carbocycles. The second-order valence-corrected chi connectivity index (χ2v) is 3.16. The predicted molar refractivity (Wildman–Crippen MR) is 53.2 cm³/mol. The van der Waals surface area contributed by atoms with Crippen molar-refractivity contribution in [2.75, 3.05) is 0 Å². The van der Waals surface area contributed by atoms with E-state index in [1.807, 2.05) is 0 Å². The van der Waals surface area contributed by atoms with Crippen LogP contribution in [0.5, 0.6) is 5.75 Å². The molecule has 1 aromatic carbocycles. The van der Waals surface area contributed by atoms with E-state index in [9.17, 15) is 10.1 Å². The standard InChI is InChI=1S/C9H10ClNO3/c1-2-9(11(12)13)14-8-5-3-4-7(10)6-8/h3-6,9H,2H2,1H3. The maximum atomic E-state index is 10.5. The summed E-state index contributed by atoms with van der Waals surface area (Å²) < 4.78 is 5.12. The summed E-state index contributed by atoms with van der Waals surface area (Å²) in [5, 5.41) is 11.0. The summed E-state index contributed by atoms with van der Waals surface area (Å²) in [6.07, 6.45) is -0.687. The third kappa shape index (κ3) is 2.88. The average Bonchev–Trinajstić information content (AvgIpc) is 2.14. The van der Waals surface area contributed by atoms with Gasteiger partial charge in [0.1, 0.15) is 5.75 Å². The Labute approximate surface area is 86.6 Å². The van der Waals surface area contributed by atoms with Gasteiger partial charge in [0.15, 0.2) is 0 Å². The molecule has 1 unspecified atom stereocenters. The zero-order valence-electron chi connectivity index (χ0n) is 7.64. The zero-order chi connectivity index (χ0) is 10.6. The van der Waals surface area contributed by atoms with Gasteiger partial charge < -0.3 is 4.74 Å². The van der Waals surface area contributed by atoms with Crippen LogP contribution in [0.2, 0.25) is 5.02 Å². The van der Waals surface area contributed by atoms with Gasteiger partial charge >= 0.3 is 6.23 Å². The summed E-state index contributed by atoms with van der Waals surface area (Å²) in [6, 6.07) is 6.55. The first-order valence-electron chi connectivity index (χ1n) is 4.19. The lowest BCUT2D eigenvalue weighted by Crippen LogP contribution is -2.25. The van der Waals surface area contributed by atoms with Crippen LogP contribution < -0.4 is 4.74 Å². The number of hydrogen-bond donors (Lipinski definition) is 0. The fourth-order valence-corrected chi connectivity index (χ4v) is 1.15. The van der Waals surface area contributed by atoms with Crippen molar-refractivity contribution < 1.29 is 9.66 Å². The molecule has 0 saturated heterocycles. The van der Waals surface area contributed by atoms with E-state index in [1.165, 1.54) is 0 Å². The van der Waals surface area contributed by atoms with Crippen molar-refractivity contribution in [3.8, 4) is 5.75 Å². The van der Waals surface area contributed by atoms with Gasteiger partial charge in [-0.1, -0.05) is 24.6 Å². The van der Waals surface area contributed by atoms with Crippen LogP contribution in [0, 0.1) is 10.1 Å². The Kier molecular flexibility index (Phi) is 3.71. The number of halogens is 1. The first kappa shape index (κ1) is 10.8. The maximum absolute atomic E-state index is 10.5. The molecule has 5 heteroatoms. The number of rotatable bonds is 4. The molecule has 0 aromatic heterocycles. The molecule has 0 bridgehead atoms. The van der Waals surface area contributed by atoms with Crippen LogP contribution in [0.1, 0.15) is 13.3 Å². The Morgan fingerprint density at radius 3 is 2.86 bits per heavy atom. The van der Waals surface area contributed by atoms with E-state index in [1.54, 1.807) is 31.2 Å². The maximum Gasteiger partial charge on any atom is 0.353 e. The highest BCUT2D eigenvalue weighted by Gasteiger charge is 2.18. The number of nitro groups is 1. The minimum atomic E-state index is -1.01. The second-order valence-electron chi connectivity index (χ2n) is 2.72. The first-order chi connectivity index (χ1) is 6.63. The third-order valence-electron chi connectivity index (χ3n) is 1.65.